The molecule has 5 fully saturated rings. The average Bonchev–Trinajstić information content (AvgIpc) is 2.34. The zero-order chi connectivity index (χ0) is 15.6. The van der Waals surface area contributed by atoms with Gasteiger partial charge in [0.05, 0.1) is 5.41 Å². The Morgan fingerprint density at radius 3 is 2.30 bits per heavy atom. The van der Waals surface area contributed by atoms with Gasteiger partial charge in [0.15, 0.2) is 0 Å². The number of halogens is 1. The van der Waals surface area contributed by atoms with Crippen molar-refractivity contribution in [1.82, 2.24) is 10.6 Å². The van der Waals surface area contributed by atoms with Gasteiger partial charge in [-0.05, 0) is 81.6 Å². The van der Waals surface area contributed by atoms with Crippen LogP contribution in [0, 0.1) is 22.2 Å². The predicted molar refractivity (Wildman–Crippen MR) is 95.7 cm³/mol. The molecule has 4 bridgehead atoms. The zero-order valence-electron chi connectivity index (χ0n) is 14.9. The first-order chi connectivity index (χ1) is 10.3. The zero-order valence-corrected chi connectivity index (χ0v) is 15.7. The Balaban J connectivity index is 0.00000156. The fourth-order valence-corrected chi connectivity index (χ4v) is 7.30. The van der Waals surface area contributed by atoms with Crippen molar-refractivity contribution in [3.8, 4) is 0 Å². The number of rotatable bonds is 2. The topological polar surface area (TPSA) is 41.1 Å². The highest BCUT2D eigenvalue weighted by atomic mass is 35.5. The Hall–Kier alpha value is -0.280. The van der Waals surface area contributed by atoms with E-state index in [4.69, 9.17) is 0 Å². The fourth-order valence-electron chi connectivity index (χ4n) is 7.30. The van der Waals surface area contributed by atoms with E-state index in [1.807, 2.05) is 0 Å². The number of piperidine rings is 1. The lowest BCUT2D eigenvalue weighted by Gasteiger charge is -2.64. The Labute approximate surface area is 147 Å². The maximum atomic E-state index is 13.2. The van der Waals surface area contributed by atoms with E-state index in [0.717, 1.165) is 44.6 Å². The van der Waals surface area contributed by atoms with E-state index in [0.29, 0.717) is 28.8 Å². The first-order valence-corrected chi connectivity index (χ1v) is 9.34. The molecule has 4 saturated carbocycles. The van der Waals surface area contributed by atoms with Crippen LogP contribution in [0.5, 0.6) is 0 Å². The minimum absolute atomic E-state index is 0. The van der Waals surface area contributed by atoms with Crippen LogP contribution in [-0.4, -0.2) is 24.5 Å². The first-order valence-electron chi connectivity index (χ1n) is 9.34. The summed E-state index contributed by atoms with van der Waals surface area (Å²) in [6.45, 7) is 8.16. The second kappa shape index (κ2) is 5.62. The molecule has 0 spiro atoms. The van der Waals surface area contributed by atoms with Gasteiger partial charge in [0.25, 0.3) is 0 Å². The minimum Gasteiger partial charge on any atom is -0.353 e. The molecule has 0 radical (unpaired) electrons. The quantitative estimate of drug-likeness (QED) is 0.805. The van der Waals surface area contributed by atoms with Crippen LogP contribution in [-0.2, 0) is 4.79 Å². The van der Waals surface area contributed by atoms with E-state index in [1.165, 1.54) is 19.3 Å². The van der Waals surface area contributed by atoms with Gasteiger partial charge < -0.3 is 10.6 Å². The molecule has 1 aliphatic heterocycles. The number of amides is 1. The molecular formula is C19H33ClN2O. The van der Waals surface area contributed by atoms with Crippen LogP contribution < -0.4 is 10.6 Å². The van der Waals surface area contributed by atoms with Crippen molar-refractivity contribution in [2.45, 2.75) is 84.2 Å². The van der Waals surface area contributed by atoms with Gasteiger partial charge in [-0.1, -0.05) is 13.8 Å². The van der Waals surface area contributed by atoms with E-state index in [-0.39, 0.29) is 17.8 Å². The van der Waals surface area contributed by atoms with Crippen LogP contribution in [0.4, 0.5) is 0 Å². The number of nitrogens with one attached hydrogen (secondary N) is 2. The predicted octanol–water partition coefficient (Wildman–Crippen LogP) is 3.66. The third-order valence-corrected chi connectivity index (χ3v) is 7.07. The van der Waals surface area contributed by atoms with Gasteiger partial charge in [-0.3, -0.25) is 4.79 Å². The van der Waals surface area contributed by atoms with Crippen molar-refractivity contribution in [3.05, 3.63) is 0 Å². The van der Waals surface area contributed by atoms with Gasteiger partial charge in [-0.25, -0.2) is 0 Å². The van der Waals surface area contributed by atoms with Crippen LogP contribution in [0.25, 0.3) is 0 Å². The van der Waals surface area contributed by atoms with Crippen molar-refractivity contribution < 1.29 is 4.79 Å². The van der Waals surface area contributed by atoms with E-state index >= 15 is 0 Å². The molecule has 4 atom stereocenters. The molecule has 4 aliphatic carbocycles. The summed E-state index contributed by atoms with van der Waals surface area (Å²) in [6, 6.07) is 0.919. The number of hydrogen-bond donors (Lipinski definition) is 2. The monoisotopic (exact) mass is 340 g/mol. The van der Waals surface area contributed by atoms with Crippen molar-refractivity contribution in [2.75, 3.05) is 6.54 Å². The highest BCUT2D eigenvalue weighted by Gasteiger charge is 2.62. The molecule has 0 aromatic carbocycles. The van der Waals surface area contributed by atoms with Crippen molar-refractivity contribution in [1.29, 1.82) is 0 Å². The smallest absolute Gasteiger partial charge is 0.226 e. The standard InChI is InChI=1S/C19H32N2O.ClH/c1-13-6-15(4-5-20-13)21-16(22)19-9-14-7-17(2,11-19)10-18(3,8-14)12-19;/h13-15,20H,4-12H2,1-3H3,(H,21,22);1H. The third kappa shape index (κ3) is 3.04. The summed E-state index contributed by atoms with van der Waals surface area (Å²) < 4.78 is 0. The molecule has 5 rings (SSSR count). The summed E-state index contributed by atoms with van der Waals surface area (Å²) in [5.41, 5.74) is 0.802. The normalized spacial score (nSPS) is 51.2. The lowest BCUT2D eigenvalue weighted by atomic mass is 9.40. The van der Waals surface area contributed by atoms with Gasteiger partial charge >= 0.3 is 0 Å². The van der Waals surface area contributed by atoms with Gasteiger partial charge in [0.1, 0.15) is 0 Å². The molecule has 4 heteroatoms. The molecule has 23 heavy (non-hydrogen) atoms. The fraction of sp³-hybridized carbons (Fsp3) is 0.947. The summed E-state index contributed by atoms with van der Waals surface area (Å²) in [7, 11) is 0. The molecule has 5 aliphatic rings. The summed E-state index contributed by atoms with van der Waals surface area (Å²) in [5, 5.41) is 6.94. The van der Waals surface area contributed by atoms with E-state index in [1.54, 1.807) is 0 Å². The summed E-state index contributed by atoms with van der Waals surface area (Å²) in [4.78, 5) is 13.2. The number of carbonyl (C=O) groups is 1. The SMILES string of the molecule is CC1CC(NC(=O)C23CC4CC(C)(CC(C)(C4)C2)C3)CCN1.Cl. The maximum absolute atomic E-state index is 13.2. The van der Waals surface area contributed by atoms with Gasteiger partial charge in [-0.2, -0.15) is 0 Å². The van der Waals surface area contributed by atoms with Gasteiger partial charge in [-0.15, -0.1) is 12.4 Å². The lowest BCUT2D eigenvalue weighted by Crippen LogP contribution is -2.61. The molecule has 1 heterocycles. The molecule has 0 aromatic rings. The Kier molecular flexibility index (Phi) is 4.29. The Bertz CT molecular complexity index is 476. The van der Waals surface area contributed by atoms with E-state index in [9.17, 15) is 4.79 Å². The highest BCUT2D eigenvalue weighted by molar-refractivity contribution is 5.85. The number of carbonyl (C=O) groups excluding carboxylic acids is 1. The van der Waals surface area contributed by atoms with Crippen molar-refractivity contribution in [2.24, 2.45) is 22.2 Å². The molecular weight excluding hydrogens is 308 g/mol. The molecule has 132 valence electrons. The Morgan fingerprint density at radius 1 is 1.09 bits per heavy atom. The number of hydrogen-bond acceptors (Lipinski definition) is 2. The second-order valence-corrected chi connectivity index (χ2v) is 9.96. The largest absolute Gasteiger partial charge is 0.353 e. The minimum atomic E-state index is -0.0446. The molecule has 2 N–H and O–H groups in total. The van der Waals surface area contributed by atoms with Crippen LogP contribution >= 0.6 is 12.4 Å². The van der Waals surface area contributed by atoms with E-state index in [2.05, 4.69) is 31.4 Å². The summed E-state index contributed by atoms with van der Waals surface area (Å²) >= 11 is 0. The van der Waals surface area contributed by atoms with Crippen LogP contribution in [0.15, 0.2) is 0 Å². The lowest BCUT2D eigenvalue weighted by molar-refractivity contribution is -0.170. The van der Waals surface area contributed by atoms with Crippen molar-refractivity contribution in [3.63, 3.8) is 0 Å². The second-order valence-electron chi connectivity index (χ2n) is 9.96. The molecule has 3 nitrogen and oxygen atoms in total. The van der Waals surface area contributed by atoms with Crippen LogP contribution in [0.2, 0.25) is 0 Å². The van der Waals surface area contributed by atoms with Crippen LogP contribution in [0.3, 0.4) is 0 Å². The average molecular weight is 341 g/mol. The third-order valence-electron chi connectivity index (χ3n) is 7.07. The molecule has 0 aromatic heterocycles. The first kappa shape index (κ1) is 17.5. The van der Waals surface area contributed by atoms with E-state index < -0.39 is 0 Å². The molecule has 1 saturated heterocycles. The van der Waals surface area contributed by atoms with Gasteiger partial charge in [0.2, 0.25) is 5.91 Å². The Morgan fingerprint density at radius 2 is 1.74 bits per heavy atom. The van der Waals surface area contributed by atoms with Gasteiger partial charge in [0, 0.05) is 12.1 Å². The highest BCUT2D eigenvalue weighted by Crippen LogP contribution is 2.69. The molecule has 4 unspecified atom stereocenters. The van der Waals surface area contributed by atoms with Crippen molar-refractivity contribution >= 4 is 18.3 Å². The summed E-state index contributed by atoms with van der Waals surface area (Å²) in [5.74, 6) is 1.19. The molecule has 1 amide bonds. The van der Waals surface area contributed by atoms with Crippen LogP contribution in [0.1, 0.15) is 72.1 Å². The summed E-state index contributed by atoms with van der Waals surface area (Å²) in [6.07, 6.45) is 9.67. The maximum Gasteiger partial charge on any atom is 0.226 e.